The third-order valence-corrected chi connectivity index (χ3v) is 3.62. The summed E-state index contributed by atoms with van der Waals surface area (Å²) in [6.45, 7) is 5.46. The number of ether oxygens (including phenoxy) is 1. The molecule has 0 radical (unpaired) electrons. The lowest BCUT2D eigenvalue weighted by atomic mass is 10.1. The van der Waals surface area contributed by atoms with Crippen LogP contribution in [0.5, 0.6) is 5.88 Å². The largest absolute Gasteiger partial charge is 0.481 e. The van der Waals surface area contributed by atoms with Crippen molar-refractivity contribution < 1.29 is 9.53 Å². The second-order valence-corrected chi connectivity index (χ2v) is 5.11. The van der Waals surface area contributed by atoms with Crippen molar-refractivity contribution in [2.24, 2.45) is 0 Å². The predicted octanol–water partition coefficient (Wildman–Crippen LogP) is 1.61. The van der Waals surface area contributed by atoms with Crippen molar-refractivity contribution in [1.82, 2.24) is 14.9 Å². The van der Waals surface area contributed by atoms with Crippen LogP contribution in [0.2, 0.25) is 0 Å². The van der Waals surface area contributed by atoms with Gasteiger partial charge >= 0.3 is 0 Å². The molecule has 1 aliphatic heterocycles. The maximum atomic E-state index is 12.4. The molecular weight excluding hydrogens is 256 g/mol. The van der Waals surface area contributed by atoms with Crippen LogP contribution in [0, 0.1) is 6.92 Å². The number of likely N-dealkylation sites (tertiary alicyclic amines) is 1. The average Bonchev–Trinajstić information content (AvgIpc) is 2.49. The summed E-state index contributed by atoms with van der Waals surface area (Å²) in [6, 6.07) is -0.300. The number of nitrogens with one attached hydrogen (secondary N) is 1. The highest BCUT2D eigenvalue weighted by atomic mass is 16.5. The minimum atomic E-state index is -0.300. The number of anilines is 1. The van der Waals surface area contributed by atoms with Crippen molar-refractivity contribution in [3.8, 4) is 5.88 Å². The van der Waals surface area contributed by atoms with Crippen molar-refractivity contribution in [2.75, 3.05) is 25.5 Å². The molecule has 20 heavy (non-hydrogen) atoms. The molecule has 1 atom stereocenters. The van der Waals surface area contributed by atoms with Gasteiger partial charge in [-0.15, -0.1) is 0 Å². The average molecular weight is 278 g/mol. The number of nitrogens with zero attached hydrogens (tertiary/aromatic N) is 3. The van der Waals surface area contributed by atoms with Gasteiger partial charge in [-0.2, -0.15) is 0 Å². The SMILES string of the molecule is COc1ncnc(NC(C)C(=O)N2CCCCC2)c1C. The van der Waals surface area contributed by atoms with Crippen molar-refractivity contribution in [3.05, 3.63) is 11.9 Å². The van der Waals surface area contributed by atoms with Gasteiger partial charge in [-0.3, -0.25) is 4.79 Å². The molecule has 0 aromatic carbocycles. The molecular formula is C14H22N4O2. The summed E-state index contributed by atoms with van der Waals surface area (Å²) >= 11 is 0. The first kappa shape index (κ1) is 14.6. The van der Waals surface area contributed by atoms with Gasteiger partial charge in [0.15, 0.2) is 0 Å². The van der Waals surface area contributed by atoms with E-state index >= 15 is 0 Å². The quantitative estimate of drug-likeness (QED) is 0.906. The standard InChI is InChI=1S/C14H22N4O2/c1-10-12(15-9-16-13(10)20-3)17-11(2)14(19)18-7-5-4-6-8-18/h9,11H,4-8H2,1-3H3,(H,15,16,17). The third kappa shape index (κ3) is 3.18. The monoisotopic (exact) mass is 278 g/mol. The zero-order valence-corrected chi connectivity index (χ0v) is 12.3. The van der Waals surface area contributed by atoms with E-state index in [-0.39, 0.29) is 11.9 Å². The summed E-state index contributed by atoms with van der Waals surface area (Å²) in [5.74, 6) is 1.30. The van der Waals surface area contributed by atoms with Crippen LogP contribution in [0.1, 0.15) is 31.7 Å². The number of carbonyl (C=O) groups excluding carboxylic acids is 1. The van der Waals surface area contributed by atoms with Gasteiger partial charge in [-0.25, -0.2) is 9.97 Å². The molecule has 1 aromatic rings. The summed E-state index contributed by atoms with van der Waals surface area (Å²) in [7, 11) is 1.57. The summed E-state index contributed by atoms with van der Waals surface area (Å²) < 4.78 is 5.16. The van der Waals surface area contributed by atoms with E-state index in [2.05, 4.69) is 15.3 Å². The third-order valence-electron chi connectivity index (χ3n) is 3.62. The highest BCUT2D eigenvalue weighted by Gasteiger charge is 2.23. The Morgan fingerprint density at radius 3 is 2.70 bits per heavy atom. The zero-order chi connectivity index (χ0) is 14.5. The summed E-state index contributed by atoms with van der Waals surface area (Å²) in [5.41, 5.74) is 0.813. The molecule has 0 bridgehead atoms. The van der Waals surface area contributed by atoms with Gasteiger partial charge in [0.2, 0.25) is 11.8 Å². The molecule has 1 unspecified atom stereocenters. The molecule has 1 saturated heterocycles. The van der Waals surface area contributed by atoms with Gasteiger partial charge in [0.1, 0.15) is 18.2 Å². The Labute approximate surface area is 119 Å². The van der Waals surface area contributed by atoms with Gasteiger partial charge < -0.3 is 15.0 Å². The number of carbonyl (C=O) groups is 1. The molecule has 0 aliphatic carbocycles. The first-order valence-corrected chi connectivity index (χ1v) is 7.04. The zero-order valence-electron chi connectivity index (χ0n) is 12.3. The van der Waals surface area contributed by atoms with E-state index in [1.807, 2.05) is 18.7 Å². The first-order valence-electron chi connectivity index (χ1n) is 7.04. The Hall–Kier alpha value is -1.85. The van der Waals surface area contributed by atoms with Gasteiger partial charge in [0, 0.05) is 13.1 Å². The molecule has 6 nitrogen and oxygen atoms in total. The fraction of sp³-hybridized carbons (Fsp3) is 0.643. The second-order valence-electron chi connectivity index (χ2n) is 5.11. The molecule has 1 fully saturated rings. The molecule has 110 valence electrons. The topological polar surface area (TPSA) is 67.4 Å². The Morgan fingerprint density at radius 2 is 2.05 bits per heavy atom. The van der Waals surface area contributed by atoms with Gasteiger partial charge in [0.05, 0.1) is 12.7 Å². The molecule has 2 rings (SSSR count). The van der Waals surface area contributed by atoms with Crippen LogP contribution in [-0.2, 0) is 4.79 Å². The van der Waals surface area contributed by atoms with E-state index in [4.69, 9.17) is 4.74 Å². The van der Waals surface area contributed by atoms with Crippen LogP contribution in [0.25, 0.3) is 0 Å². The summed E-state index contributed by atoms with van der Waals surface area (Å²) in [4.78, 5) is 22.5. The molecule has 2 heterocycles. The predicted molar refractivity (Wildman–Crippen MR) is 76.8 cm³/mol. The van der Waals surface area contributed by atoms with Crippen molar-refractivity contribution in [2.45, 2.75) is 39.2 Å². The molecule has 1 N–H and O–H groups in total. The number of hydrogen-bond acceptors (Lipinski definition) is 5. The van der Waals surface area contributed by atoms with Crippen LogP contribution < -0.4 is 10.1 Å². The fourth-order valence-corrected chi connectivity index (χ4v) is 2.44. The summed E-state index contributed by atoms with van der Waals surface area (Å²) in [5, 5.41) is 3.16. The van der Waals surface area contributed by atoms with Crippen LogP contribution in [0.3, 0.4) is 0 Å². The van der Waals surface area contributed by atoms with Crippen molar-refractivity contribution >= 4 is 11.7 Å². The van der Waals surface area contributed by atoms with Crippen LogP contribution in [0.4, 0.5) is 5.82 Å². The highest BCUT2D eigenvalue weighted by Crippen LogP contribution is 2.21. The Bertz CT molecular complexity index is 472. The highest BCUT2D eigenvalue weighted by molar-refractivity contribution is 5.84. The van der Waals surface area contributed by atoms with Crippen LogP contribution in [-0.4, -0.2) is 47.0 Å². The minimum absolute atomic E-state index is 0.127. The van der Waals surface area contributed by atoms with E-state index in [1.54, 1.807) is 7.11 Å². The van der Waals surface area contributed by atoms with E-state index in [0.717, 1.165) is 31.5 Å². The Morgan fingerprint density at radius 1 is 1.35 bits per heavy atom. The number of piperidine rings is 1. The lowest BCUT2D eigenvalue weighted by Crippen LogP contribution is -2.44. The van der Waals surface area contributed by atoms with E-state index in [0.29, 0.717) is 11.7 Å². The normalized spacial score (nSPS) is 16.6. The second kappa shape index (κ2) is 6.54. The minimum Gasteiger partial charge on any atom is -0.481 e. The molecule has 6 heteroatoms. The molecule has 1 amide bonds. The van der Waals surface area contributed by atoms with Gasteiger partial charge in [0.25, 0.3) is 0 Å². The number of amides is 1. The molecule has 0 saturated carbocycles. The number of rotatable bonds is 4. The number of methoxy groups -OCH3 is 1. The summed E-state index contributed by atoms with van der Waals surface area (Å²) in [6.07, 6.45) is 4.84. The van der Waals surface area contributed by atoms with Crippen molar-refractivity contribution in [1.29, 1.82) is 0 Å². The van der Waals surface area contributed by atoms with Crippen LogP contribution in [0.15, 0.2) is 6.33 Å². The van der Waals surface area contributed by atoms with E-state index in [1.165, 1.54) is 12.7 Å². The molecule has 0 spiro atoms. The Balaban J connectivity index is 2.03. The molecule has 1 aliphatic rings. The fourth-order valence-electron chi connectivity index (χ4n) is 2.44. The van der Waals surface area contributed by atoms with E-state index < -0.39 is 0 Å². The lowest BCUT2D eigenvalue weighted by molar-refractivity contribution is -0.132. The van der Waals surface area contributed by atoms with Crippen molar-refractivity contribution in [3.63, 3.8) is 0 Å². The first-order chi connectivity index (χ1) is 9.63. The van der Waals surface area contributed by atoms with Gasteiger partial charge in [-0.05, 0) is 33.1 Å². The number of aromatic nitrogens is 2. The molecule has 1 aromatic heterocycles. The van der Waals surface area contributed by atoms with Crippen LogP contribution >= 0.6 is 0 Å². The Kier molecular flexibility index (Phi) is 4.76. The number of hydrogen-bond donors (Lipinski definition) is 1. The maximum absolute atomic E-state index is 12.4. The lowest BCUT2D eigenvalue weighted by Gasteiger charge is -2.29. The van der Waals surface area contributed by atoms with E-state index in [9.17, 15) is 4.79 Å². The maximum Gasteiger partial charge on any atom is 0.244 e. The smallest absolute Gasteiger partial charge is 0.244 e. The van der Waals surface area contributed by atoms with Gasteiger partial charge in [-0.1, -0.05) is 0 Å².